The van der Waals surface area contributed by atoms with E-state index in [1.807, 2.05) is 12.2 Å². The first-order chi connectivity index (χ1) is 14.3. The highest BCUT2D eigenvalue weighted by Crippen LogP contribution is 2.35. The molecule has 3 rings (SSSR count). The van der Waals surface area contributed by atoms with Gasteiger partial charge in [-0.3, -0.25) is 28.9 Å². The fraction of sp³-hybridized carbons (Fsp3) is 0.409. The number of rotatable bonds is 7. The topological polar surface area (TPSA) is 110 Å². The van der Waals surface area contributed by atoms with Crippen molar-refractivity contribution in [2.45, 2.75) is 39.2 Å². The summed E-state index contributed by atoms with van der Waals surface area (Å²) in [5, 5.41) is 2.60. The Morgan fingerprint density at radius 2 is 1.63 bits per heavy atom. The van der Waals surface area contributed by atoms with Crippen LogP contribution in [0.25, 0.3) is 0 Å². The molecule has 30 heavy (non-hydrogen) atoms. The van der Waals surface area contributed by atoms with Crippen molar-refractivity contribution < 1.29 is 28.7 Å². The van der Waals surface area contributed by atoms with Crippen LogP contribution in [0.15, 0.2) is 36.4 Å². The molecule has 1 aromatic carbocycles. The molecule has 0 radical (unpaired) electrons. The monoisotopic (exact) mass is 412 g/mol. The van der Waals surface area contributed by atoms with Crippen LogP contribution < -0.4 is 5.32 Å². The molecule has 0 bridgehead atoms. The van der Waals surface area contributed by atoms with Crippen LogP contribution in [0.4, 0.5) is 5.69 Å². The Balaban J connectivity index is 1.51. The number of allylic oxidation sites excluding steroid dienone is 2. The van der Waals surface area contributed by atoms with Gasteiger partial charge in [-0.2, -0.15) is 0 Å². The number of esters is 1. The lowest BCUT2D eigenvalue weighted by molar-refractivity contribution is -0.148. The third-order valence-corrected chi connectivity index (χ3v) is 5.31. The number of ketones is 1. The first kappa shape index (κ1) is 21.4. The van der Waals surface area contributed by atoms with Gasteiger partial charge in [-0.15, -0.1) is 0 Å². The molecule has 3 atom stereocenters. The number of ether oxygens (including phenoxy) is 1. The predicted octanol–water partition coefficient (Wildman–Crippen LogP) is 2.10. The summed E-state index contributed by atoms with van der Waals surface area (Å²) in [6, 6.07) is 6.24. The Hall–Kier alpha value is -3.29. The Bertz CT molecular complexity index is 879. The van der Waals surface area contributed by atoms with Gasteiger partial charge in [0.25, 0.3) is 0 Å². The highest BCUT2D eigenvalue weighted by molar-refractivity contribution is 6.05. The number of carbonyl (C=O) groups is 5. The number of hydrogen-bond acceptors (Lipinski definition) is 6. The smallest absolute Gasteiger partial charge is 0.308 e. The summed E-state index contributed by atoms with van der Waals surface area (Å²) >= 11 is 0. The van der Waals surface area contributed by atoms with E-state index in [-0.39, 0.29) is 48.3 Å². The quantitative estimate of drug-likeness (QED) is 0.318. The Labute approximate surface area is 174 Å². The molecule has 0 spiro atoms. The van der Waals surface area contributed by atoms with Crippen molar-refractivity contribution in [3.63, 3.8) is 0 Å². The fourth-order valence-corrected chi connectivity index (χ4v) is 3.76. The number of Topliss-reactive ketones (excluding diaryl/α,β-unsaturated/α-hetero) is 1. The third kappa shape index (κ3) is 4.64. The summed E-state index contributed by atoms with van der Waals surface area (Å²) in [4.78, 5) is 61.6. The molecule has 0 saturated carbocycles. The summed E-state index contributed by atoms with van der Waals surface area (Å²) in [7, 11) is 0. The van der Waals surface area contributed by atoms with Gasteiger partial charge in [0.05, 0.1) is 18.3 Å². The largest absolute Gasteiger partial charge is 0.454 e. The van der Waals surface area contributed by atoms with E-state index in [0.29, 0.717) is 24.1 Å². The van der Waals surface area contributed by atoms with Crippen molar-refractivity contribution in [2.24, 2.45) is 11.8 Å². The predicted molar refractivity (Wildman–Crippen MR) is 107 cm³/mol. The van der Waals surface area contributed by atoms with Crippen molar-refractivity contribution in [2.75, 3.05) is 11.9 Å². The second kappa shape index (κ2) is 9.02. The lowest BCUT2D eigenvalue weighted by atomic mass is 9.85. The number of imide groups is 1. The van der Waals surface area contributed by atoms with E-state index in [1.165, 1.54) is 26.0 Å². The zero-order valence-corrected chi connectivity index (χ0v) is 16.9. The van der Waals surface area contributed by atoms with E-state index >= 15 is 0 Å². The molecular weight excluding hydrogens is 388 g/mol. The number of benzene rings is 1. The van der Waals surface area contributed by atoms with Gasteiger partial charge in [-0.05, 0) is 44.0 Å². The van der Waals surface area contributed by atoms with Gasteiger partial charge in [0.2, 0.25) is 23.5 Å². The Morgan fingerprint density at radius 1 is 1.07 bits per heavy atom. The molecule has 8 nitrogen and oxygen atoms in total. The number of nitrogens with one attached hydrogen (secondary N) is 1. The van der Waals surface area contributed by atoms with E-state index in [9.17, 15) is 24.0 Å². The molecule has 0 unspecified atom stereocenters. The van der Waals surface area contributed by atoms with Crippen molar-refractivity contribution in [3.05, 3.63) is 42.0 Å². The van der Waals surface area contributed by atoms with E-state index in [4.69, 9.17) is 4.74 Å². The van der Waals surface area contributed by atoms with Crippen LogP contribution in [0.1, 0.15) is 43.5 Å². The van der Waals surface area contributed by atoms with E-state index < -0.39 is 12.1 Å². The molecule has 1 saturated heterocycles. The van der Waals surface area contributed by atoms with E-state index in [2.05, 4.69) is 5.32 Å². The number of likely N-dealkylation sites (tertiary alicyclic amines) is 1. The molecular formula is C22H24N2O6. The molecule has 158 valence electrons. The molecule has 3 amide bonds. The lowest BCUT2D eigenvalue weighted by Gasteiger charge is -2.16. The van der Waals surface area contributed by atoms with Crippen molar-refractivity contribution >= 4 is 35.2 Å². The van der Waals surface area contributed by atoms with Gasteiger partial charge in [0.15, 0.2) is 6.10 Å². The van der Waals surface area contributed by atoms with Crippen LogP contribution in [0.3, 0.4) is 0 Å². The SMILES string of the molecule is CC(=O)Nc1ccc(C(=O)[C@H](C)OC(=O)CCN2C(=O)[C@@H]3CC=CC[C@H]3C2=O)cc1. The summed E-state index contributed by atoms with van der Waals surface area (Å²) in [6.45, 7) is 2.80. The number of fused-ring (bicyclic) bond motifs is 1. The van der Waals surface area contributed by atoms with Crippen LogP contribution in [-0.4, -0.2) is 47.0 Å². The minimum absolute atomic E-state index is 0.0458. The number of nitrogens with zero attached hydrogens (tertiary/aromatic N) is 1. The average Bonchev–Trinajstić information content (AvgIpc) is 2.96. The van der Waals surface area contributed by atoms with Crippen LogP contribution in [-0.2, 0) is 23.9 Å². The van der Waals surface area contributed by atoms with Crippen LogP contribution in [0, 0.1) is 11.8 Å². The van der Waals surface area contributed by atoms with E-state index in [0.717, 1.165) is 4.90 Å². The highest BCUT2D eigenvalue weighted by atomic mass is 16.5. The van der Waals surface area contributed by atoms with Gasteiger partial charge in [-0.25, -0.2) is 0 Å². The zero-order valence-electron chi connectivity index (χ0n) is 16.9. The first-order valence-corrected chi connectivity index (χ1v) is 9.89. The minimum atomic E-state index is -1.01. The molecule has 1 aliphatic carbocycles. The highest BCUT2D eigenvalue weighted by Gasteiger charge is 2.47. The Kier molecular flexibility index (Phi) is 6.44. The summed E-state index contributed by atoms with van der Waals surface area (Å²) < 4.78 is 5.19. The van der Waals surface area contributed by atoms with Crippen molar-refractivity contribution in [3.8, 4) is 0 Å². The zero-order chi connectivity index (χ0) is 21.8. The molecule has 1 aliphatic heterocycles. The van der Waals surface area contributed by atoms with Gasteiger partial charge >= 0.3 is 5.97 Å². The molecule has 1 N–H and O–H groups in total. The number of carbonyl (C=O) groups excluding carboxylic acids is 5. The van der Waals surface area contributed by atoms with Crippen LogP contribution in [0.5, 0.6) is 0 Å². The summed E-state index contributed by atoms with van der Waals surface area (Å²) in [5.41, 5.74) is 0.894. The van der Waals surface area contributed by atoms with Crippen LogP contribution >= 0.6 is 0 Å². The molecule has 2 aliphatic rings. The van der Waals surface area contributed by atoms with Crippen molar-refractivity contribution in [1.82, 2.24) is 4.90 Å². The molecule has 0 aromatic heterocycles. The van der Waals surface area contributed by atoms with Crippen molar-refractivity contribution in [1.29, 1.82) is 0 Å². The maximum absolute atomic E-state index is 12.5. The minimum Gasteiger partial charge on any atom is -0.454 e. The number of hydrogen-bond donors (Lipinski definition) is 1. The fourth-order valence-electron chi connectivity index (χ4n) is 3.76. The normalized spacial score (nSPS) is 21.2. The van der Waals surface area contributed by atoms with Gasteiger partial charge < -0.3 is 10.1 Å². The maximum atomic E-state index is 12.5. The van der Waals surface area contributed by atoms with Gasteiger partial charge in [0, 0.05) is 24.7 Å². The average molecular weight is 412 g/mol. The summed E-state index contributed by atoms with van der Waals surface area (Å²) in [5.74, 6) is -2.42. The molecule has 1 fully saturated rings. The van der Waals surface area contributed by atoms with Crippen LogP contribution in [0.2, 0.25) is 0 Å². The summed E-state index contributed by atoms with van der Waals surface area (Å²) in [6.07, 6.45) is 3.72. The first-order valence-electron chi connectivity index (χ1n) is 9.89. The number of anilines is 1. The third-order valence-electron chi connectivity index (χ3n) is 5.31. The van der Waals surface area contributed by atoms with Gasteiger partial charge in [0.1, 0.15) is 0 Å². The maximum Gasteiger partial charge on any atom is 0.308 e. The molecule has 1 heterocycles. The number of amides is 3. The second-order valence-corrected chi connectivity index (χ2v) is 7.49. The molecule has 8 heteroatoms. The van der Waals surface area contributed by atoms with Gasteiger partial charge in [-0.1, -0.05) is 12.2 Å². The standard InChI is InChI=1S/C22H24N2O6/c1-13(20(27)15-7-9-16(10-8-15)23-14(2)25)30-19(26)11-12-24-21(28)17-5-3-4-6-18(17)22(24)29/h3-4,7-10,13,17-18H,5-6,11-12H2,1-2H3,(H,23,25)/t13-,17+,18+/m0/s1. The van der Waals surface area contributed by atoms with E-state index in [1.54, 1.807) is 12.1 Å². The Morgan fingerprint density at radius 3 is 2.17 bits per heavy atom. The lowest BCUT2D eigenvalue weighted by Crippen LogP contribution is -2.34. The second-order valence-electron chi connectivity index (χ2n) is 7.49. The molecule has 1 aromatic rings.